The summed E-state index contributed by atoms with van der Waals surface area (Å²) in [6.07, 6.45) is 2.62. The van der Waals surface area contributed by atoms with Crippen LogP contribution in [0.25, 0.3) is 0 Å². The molecule has 0 spiro atoms. The van der Waals surface area contributed by atoms with Gasteiger partial charge in [0.25, 0.3) is 17.5 Å². The molecule has 8 nitrogen and oxygen atoms in total. The summed E-state index contributed by atoms with van der Waals surface area (Å²) in [6.45, 7) is 8.40. The standard InChI is InChI=1S/C28H31N3O5S/c1-17-5-8-19(9-6-17)29-26(33)25-22-14-7-18(28(2,3)4)15-23(22)37-27(25)30-24(32)16-36-21-12-10-20(11-13-21)31(34)35/h5-6,8-13,18H,7,14-16H2,1-4H3,(H,29,33)(H,30,32)/t18-/m0/s1. The zero-order chi connectivity index (χ0) is 26.7. The highest BCUT2D eigenvalue weighted by Crippen LogP contribution is 2.44. The number of benzene rings is 2. The van der Waals surface area contributed by atoms with Crippen molar-refractivity contribution in [2.24, 2.45) is 11.3 Å². The van der Waals surface area contributed by atoms with Crippen molar-refractivity contribution < 1.29 is 19.2 Å². The first-order valence-corrected chi connectivity index (χ1v) is 13.0. The van der Waals surface area contributed by atoms with Crippen molar-refractivity contribution in [3.8, 4) is 5.75 Å². The summed E-state index contributed by atoms with van der Waals surface area (Å²) >= 11 is 1.46. The van der Waals surface area contributed by atoms with E-state index in [0.29, 0.717) is 27.9 Å². The number of thiophene rings is 1. The molecule has 0 unspecified atom stereocenters. The number of non-ortho nitro benzene ring substituents is 1. The predicted molar refractivity (Wildman–Crippen MR) is 146 cm³/mol. The van der Waals surface area contributed by atoms with E-state index in [1.807, 2.05) is 31.2 Å². The summed E-state index contributed by atoms with van der Waals surface area (Å²) in [5.41, 5.74) is 3.39. The Hall–Kier alpha value is -3.72. The second-order valence-electron chi connectivity index (χ2n) is 10.4. The van der Waals surface area contributed by atoms with Gasteiger partial charge in [-0.2, -0.15) is 0 Å². The summed E-state index contributed by atoms with van der Waals surface area (Å²) in [4.78, 5) is 37.7. The molecule has 0 radical (unpaired) electrons. The normalized spacial score (nSPS) is 15.0. The molecule has 2 aromatic carbocycles. The molecule has 1 aliphatic carbocycles. The number of nitro groups is 1. The number of rotatable bonds is 7. The lowest BCUT2D eigenvalue weighted by molar-refractivity contribution is -0.384. The number of amides is 2. The molecule has 0 aliphatic heterocycles. The van der Waals surface area contributed by atoms with Gasteiger partial charge in [-0.1, -0.05) is 38.5 Å². The Kier molecular flexibility index (Phi) is 7.63. The monoisotopic (exact) mass is 521 g/mol. The fourth-order valence-electron chi connectivity index (χ4n) is 4.46. The summed E-state index contributed by atoms with van der Waals surface area (Å²) in [6, 6.07) is 13.1. The topological polar surface area (TPSA) is 111 Å². The zero-order valence-electron chi connectivity index (χ0n) is 21.4. The molecule has 0 bridgehead atoms. The molecule has 3 aromatic rings. The SMILES string of the molecule is Cc1ccc(NC(=O)c2c(NC(=O)COc3ccc([N+](=O)[O-])cc3)sc3c2CC[C@H](C(C)(C)C)C3)cc1. The van der Waals surface area contributed by atoms with Crippen molar-refractivity contribution >= 4 is 39.5 Å². The maximum atomic E-state index is 13.4. The van der Waals surface area contributed by atoms with Crippen LogP contribution in [-0.2, 0) is 17.6 Å². The number of carbonyl (C=O) groups excluding carboxylic acids is 2. The van der Waals surface area contributed by atoms with Crippen LogP contribution in [0.15, 0.2) is 48.5 Å². The Morgan fingerprint density at radius 2 is 1.76 bits per heavy atom. The fourth-order valence-corrected chi connectivity index (χ4v) is 5.80. The first-order valence-electron chi connectivity index (χ1n) is 12.2. The van der Waals surface area contributed by atoms with Gasteiger partial charge in [0.2, 0.25) is 0 Å². The number of anilines is 2. The Balaban J connectivity index is 1.54. The minimum absolute atomic E-state index is 0.0567. The molecule has 2 N–H and O–H groups in total. The molecule has 1 aliphatic rings. The van der Waals surface area contributed by atoms with Crippen molar-refractivity contribution in [1.29, 1.82) is 0 Å². The van der Waals surface area contributed by atoms with E-state index < -0.39 is 10.8 Å². The van der Waals surface area contributed by atoms with Gasteiger partial charge in [0.05, 0.1) is 10.5 Å². The highest BCUT2D eigenvalue weighted by molar-refractivity contribution is 7.17. The predicted octanol–water partition coefficient (Wildman–Crippen LogP) is 6.39. The van der Waals surface area contributed by atoms with Crippen LogP contribution in [0.3, 0.4) is 0 Å². The van der Waals surface area contributed by atoms with Crippen molar-refractivity contribution in [3.63, 3.8) is 0 Å². The van der Waals surface area contributed by atoms with Crippen molar-refractivity contribution in [2.75, 3.05) is 17.2 Å². The van der Waals surface area contributed by atoms with Crippen LogP contribution >= 0.6 is 11.3 Å². The van der Waals surface area contributed by atoms with Gasteiger partial charge in [0, 0.05) is 22.7 Å². The van der Waals surface area contributed by atoms with Gasteiger partial charge in [-0.05, 0) is 67.3 Å². The number of nitrogens with one attached hydrogen (secondary N) is 2. The molecule has 4 rings (SSSR count). The third kappa shape index (κ3) is 6.35. The maximum Gasteiger partial charge on any atom is 0.269 e. The van der Waals surface area contributed by atoms with E-state index in [-0.39, 0.29) is 23.6 Å². The van der Waals surface area contributed by atoms with Gasteiger partial charge in [0.1, 0.15) is 10.8 Å². The Labute approximate surface area is 220 Å². The summed E-state index contributed by atoms with van der Waals surface area (Å²) in [5, 5.41) is 17.2. The summed E-state index contributed by atoms with van der Waals surface area (Å²) in [5.74, 6) is 0.174. The van der Waals surface area contributed by atoms with Crippen LogP contribution in [0.2, 0.25) is 0 Å². The molecule has 1 aromatic heterocycles. The van der Waals surface area contributed by atoms with Crippen LogP contribution in [0.5, 0.6) is 5.75 Å². The first-order chi connectivity index (χ1) is 17.5. The van der Waals surface area contributed by atoms with Crippen LogP contribution in [-0.4, -0.2) is 23.3 Å². The van der Waals surface area contributed by atoms with Gasteiger partial charge in [-0.15, -0.1) is 11.3 Å². The minimum atomic E-state index is -0.498. The maximum absolute atomic E-state index is 13.4. The van der Waals surface area contributed by atoms with E-state index in [0.717, 1.165) is 35.3 Å². The molecule has 37 heavy (non-hydrogen) atoms. The van der Waals surface area contributed by atoms with Crippen LogP contribution in [0.4, 0.5) is 16.4 Å². The van der Waals surface area contributed by atoms with Gasteiger partial charge in [-0.3, -0.25) is 19.7 Å². The molecule has 2 amide bonds. The lowest BCUT2D eigenvalue weighted by atomic mass is 9.72. The molecule has 1 heterocycles. The van der Waals surface area contributed by atoms with Gasteiger partial charge < -0.3 is 15.4 Å². The van der Waals surface area contributed by atoms with Gasteiger partial charge >= 0.3 is 0 Å². The molecular formula is C28H31N3O5S. The third-order valence-corrected chi connectivity index (χ3v) is 7.87. The van der Waals surface area contributed by atoms with Gasteiger partial charge in [0.15, 0.2) is 6.61 Å². The average molecular weight is 522 g/mol. The highest BCUT2D eigenvalue weighted by atomic mass is 32.1. The van der Waals surface area contributed by atoms with Crippen molar-refractivity contribution in [3.05, 3.63) is 80.2 Å². The number of ether oxygens (including phenoxy) is 1. The number of aryl methyl sites for hydroxylation is 1. The first kappa shape index (κ1) is 26.3. The second-order valence-corrected chi connectivity index (χ2v) is 11.5. The van der Waals surface area contributed by atoms with Crippen molar-refractivity contribution in [1.82, 2.24) is 0 Å². The lowest BCUT2D eigenvalue weighted by Crippen LogP contribution is -2.27. The highest BCUT2D eigenvalue weighted by Gasteiger charge is 2.34. The number of fused-ring (bicyclic) bond motifs is 1. The number of nitrogens with zero attached hydrogens (tertiary/aromatic N) is 1. The number of nitro benzene ring substituents is 1. The third-order valence-electron chi connectivity index (χ3n) is 6.70. The number of hydrogen-bond donors (Lipinski definition) is 2. The van der Waals surface area contributed by atoms with E-state index in [1.54, 1.807) is 0 Å². The van der Waals surface area contributed by atoms with Crippen LogP contribution < -0.4 is 15.4 Å². The van der Waals surface area contributed by atoms with E-state index in [4.69, 9.17) is 4.74 Å². The molecule has 0 saturated heterocycles. The second kappa shape index (κ2) is 10.7. The number of hydrogen-bond acceptors (Lipinski definition) is 6. The molecular weight excluding hydrogens is 490 g/mol. The van der Waals surface area contributed by atoms with Crippen LogP contribution in [0, 0.1) is 28.4 Å². The average Bonchev–Trinajstić information content (AvgIpc) is 3.21. The molecule has 194 valence electrons. The van der Waals surface area contributed by atoms with E-state index in [2.05, 4.69) is 31.4 Å². The fraction of sp³-hybridized carbons (Fsp3) is 0.357. The quantitative estimate of drug-likeness (QED) is 0.277. The molecule has 1 atom stereocenters. The van der Waals surface area contributed by atoms with E-state index in [9.17, 15) is 19.7 Å². The van der Waals surface area contributed by atoms with E-state index in [1.165, 1.54) is 35.6 Å². The molecule has 0 fully saturated rings. The summed E-state index contributed by atoms with van der Waals surface area (Å²) < 4.78 is 5.52. The van der Waals surface area contributed by atoms with Gasteiger partial charge in [-0.25, -0.2) is 0 Å². The minimum Gasteiger partial charge on any atom is -0.484 e. The Morgan fingerprint density at radius 3 is 2.38 bits per heavy atom. The molecule has 9 heteroatoms. The van der Waals surface area contributed by atoms with E-state index >= 15 is 0 Å². The molecule has 0 saturated carbocycles. The summed E-state index contributed by atoms with van der Waals surface area (Å²) in [7, 11) is 0. The van der Waals surface area contributed by atoms with Crippen LogP contribution in [0.1, 0.15) is 53.6 Å². The zero-order valence-corrected chi connectivity index (χ0v) is 22.2. The smallest absolute Gasteiger partial charge is 0.269 e. The Bertz CT molecular complexity index is 1310. The Morgan fingerprint density at radius 1 is 1.08 bits per heavy atom. The number of carbonyl (C=O) groups is 2. The largest absolute Gasteiger partial charge is 0.484 e. The van der Waals surface area contributed by atoms with Crippen molar-refractivity contribution in [2.45, 2.75) is 47.0 Å². The lowest BCUT2D eigenvalue weighted by Gasteiger charge is -2.33.